The van der Waals surface area contributed by atoms with E-state index < -0.39 is 36.5 Å². The number of hydrogen-bond donors (Lipinski definition) is 3. The van der Waals surface area contributed by atoms with Crippen molar-refractivity contribution in [1.29, 1.82) is 0 Å². The van der Waals surface area contributed by atoms with Gasteiger partial charge in [0.2, 0.25) is 5.91 Å². The minimum absolute atomic E-state index is 0.0732. The first-order valence-electron chi connectivity index (χ1n) is 11.2. The van der Waals surface area contributed by atoms with Crippen LogP contribution in [-0.4, -0.2) is 64.9 Å². The van der Waals surface area contributed by atoms with E-state index >= 15 is 0 Å². The lowest BCUT2D eigenvalue weighted by molar-refractivity contribution is -0.142. The zero-order valence-electron chi connectivity index (χ0n) is 18.3. The Morgan fingerprint density at radius 3 is 2.27 bits per heavy atom. The van der Waals surface area contributed by atoms with Crippen LogP contribution in [0.15, 0.2) is 48.5 Å². The van der Waals surface area contributed by atoms with Crippen molar-refractivity contribution in [1.82, 2.24) is 10.2 Å². The largest absolute Gasteiger partial charge is 0.481 e. The Morgan fingerprint density at radius 1 is 1.00 bits per heavy atom. The zero-order valence-corrected chi connectivity index (χ0v) is 18.3. The Morgan fingerprint density at radius 2 is 1.64 bits per heavy atom. The van der Waals surface area contributed by atoms with E-state index in [0.717, 1.165) is 22.3 Å². The Labute approximate surface area is 192 Å². The monoisotopic (exact) mass is 452 g/mol. The molecule has 1 fully saturated rings. The first-order valence-corrected chi connectivity index (χ1v) is 11.2. The molecule has 174 valence electrons. The molecule has 33 heavy (non-hydrogen) atoms. The van der Waals surface area contributed by atoms with Gasteiger partial charge in [0.15, 0.2) is 0 Å². The number of aliphatic hydroxyl groups is 1. The summed E-state index contributed by atoms with van der Waals surface area (Å²) in [5, 5.41) is 21.5. The molecule has 1 aliphatic carbocycles. The molecule has 8 nitrogen and oxygen atoms in total. The maximum Gasteiger partial charge on any atom is 0.407 e. The molecule has 0 spiro atoms. The minimum atomic E-state index is -1.23. The highest BCUT2D eigenvalue weighted by Gasteiger charge is 2.32. The van der Waals surface area contributed by atoms with Gasteiger partial charge in [-0.25, -0.2) is 4.79 Å². The van der Waals surface area contributed by atoms with Gasteiger partial charge >= 0.3 is 12.1 Å². The summed E-state index contributed by atoms with van der Waals surface area (Å²) in [7, 11) is 0. The number of rotatable bonds is 6. The van der Waals surface area contributed by atoms with Crippen molar-refractivity contribution in [2.75, 3.05) is 19.7 Å². The summed E-state index contributed by atoms with van der Waals surface area (Å²) in [5.41, 5.74) is 4.33. The van der Waals surface area contributed by atoms with Crippen LogP contribution < -0.4 is 5.32 Å². The SMILES string of the molecule is O=C(O)CC(NC(=O)OCC1c2ccccc2-c2ccccc21)C(=O)N1CCCC(O)CC1. The summed E-state index contributed by atoms with van der Waals surface area (Å²) < 4.78 is 5.48. The molecule has 2 aliphatic rings. The Hall–Kier alpha value is -3.39. The molecule has 2 aromatic rings. The molecular formula is C25H28N2O6. The molecule has 1 aliphatic heterocycles. The molecule has 1 heterocycles. The quantitative estimate of drug-likeness (QED) is 0.621. The van der Waals surface area contributed by atoms with Gasteiger partial charge in [-0.15, -0.1) is 0 Å². The molecular weight excluding hydrogens is 424 g/mol. The highest BCUT2D eigenvalue weighted by Crippen LogP contribution is 2.44. The van der Waals surface area contributed by atoms with Gasteiger partial charge in [-0.1, -0.05) is 48.5 Å². The first kappa shape index (κ1) is 22.8. The van der Waals surface area contributed by atoms with Crippen LogP contribution in [0.1, 0.15) is 42.7 Å². The van der Waals surface area contributed by atoms with E-state index in [2.05, 4.69) is 5.32 Å². The maximum atomic E-state index is 12.9. The Bertz CT molecular complexity index is 994. The molecule has 2 amide bonds. The minimum Gasteiger partial charge on any atom is -0.481 e. The number of likely N-dealkylation sites (tertiary alicyclic amines) is 1. The number of benzene rings is 2. The first-order chi connectivity index (χ1) is 15.9. The highest BCUT2D eigenvalue weighted by atomic mass is 16.5. The van der Waals surface area contributed by atoms with Gasteiger partial charge in [0.05, 0.1) is 12.5 Å². The average Bonchev–Trinajstić information content (AvgIpc) is 2.95. The standard InChI is InChI=1S/C25H28N2O6/c28-16-6-5-12-27(13-11-16)24(31)22(14-23(29)30)26-25(32)33-15-21-19-9-3-1-7-17(19)18-8-2-4-10-20(18)21/h1-4,7-10,16,21-22,28H,5-6,11-15H2,(H,26,32)(H,29,30). The number of amides is 2. The third-order valence-electron chi connectivity index (χ3n) is 6.32. The second kappa shape index (κ2) is 10.0. The van der Waals surface area contributed by atoms with E-state index in [0.29, 0.717) is 32.4 Å². The summed E-state index contributed by atoms with van der Waals surface area (Å²) in [6, 6.07) is 14.7. The van der Waals surface area contributed by atoms with Crippen molar-refractivity contribution in [3.8, 4) is 11.1 Å². The third kappa shape index (κ3) is 5.17. The fourth-order valence-corrected chi connectivity index (χ4v) is 4.68. The van der Waals surface area contributed by atoms with Gasteiger partial charge in [0.25, 0.3) is 0 Å². The van der Waals surface area contributed by atoms with Crippen molar-refractivity contribution in [2.24, 2.45) is 0 Å². The van der Waals surface area contributed by atoms with Gasteiger partial charge in [-0.2, -0.15) is 0 Å². The molecule has 2 unspecified atom stereocenters. The lowest BCUT2D eigenvalue weighted by atomic mass is 9.98. The molecule has 0 bridgehead atoms. The number of nitrogens with one attached hydrogen (secondary N) is 1. The lowest BCUT2D eigenvalue weighted by Gasteiger charge is -2.26. The number of carboxylic acids is 1. The molecule has 8 heteroatoms. The molecule has 1 saturated heterocycles. The van der Waals surface area contributed by atoms with E-state index in [1.165, 1.54) is 4.90 Å². The molecule has 0 radical (unpaired) electrons. The van der Waals surface area contributed by atoms with Crippen molar-refractivity contribution < 1.29 is 29.3 Å². The van der Waals surface area contributed by atoms with Crippen molar-refractivity contribution in [3.05, 3.63) is 59.7 Å². The normalized spacial score (nSPS) is 18.6. The van der Waals surface area contributed by atoms with Crippen LogP contribution in [0.25, 0.3) is 11.1 Å². The van der Waals surface area contributed by atoms with Gasteiger partial charge in [0, 0.05) is 19.0 Å². The molecule has 2 aromatic carbocycles. The van der Waals surface area contributed by atoms with Crippen LogP contribution in [-0.2, 0) is 14.3 Å². The summed E-state index contributed by atoms with van der Waals surface area (Å²) in [5.74, 6) is -1.80. The van der Waals surface area contributed by atoms with Gasteiger partial charge in [0.1, 0.15) is 12.6 Å². The summed E-state index contributed by atoms with van der Waals surface area (Å²) in [6.07, 6.45) is -0.203. The number of nitrogens with zero attached hydrogens (tertiary/aromatic N) is 1. The summed E-state index contributed by atoms with van der Waals surface area (Å²) >= 11 is 0. The number of aliphatic hydroxyl groups excluding tert-OH is 1. The van der Waals surface area contributed by atoms with Crippen LogP contribution in [0.2, 0.25) is 0 Å². The van der Waals surface area contributed by atoms with Crippen LogP contribution in [0.5, 0.6) is 0 Å². The number of carbonyl (C=O) groups excluding carboxylic acids is 2. The number of carboxylic acid groups (broad SMARTS) is 1. The summed E-state index contributed by atoms with van der Waals surface area (Å²) in [4.78, 5) is 38.4. The molecule has 0 aromatic heterocycles. The van der Waals surface area contributed by atoms with E-state index in [4.69, 9.17) is 4.74 Å². The number of aliphatic carboxylic acids is 1. The van der Waals surface area contributed by atoms with Crippen molar-refractivity contribution in [2.45, 2.75) is 43.7 Å². The Kier molecular flexibility index (Phi) is 6.93. The predicted molar refractivity (Wildman–Crippen MR) is 121 cm³/mol. The third-order valence-corrected chi connectivity index (χ3v) is 6.32. The van der Waals surface area contributed by atoms with Crippen molar-refractivity contribution in [3.63, 3.8) is 0 Å². The van der Waals surface area contributed by atoms with Crippen LogP contribution >= 0.6 is 0 Å². The van der Waals surface area contributed by atoms with Gasteiger partial charge in [-0.3, -0.25) is 9.59 Å². The van der Waals surface area contributed by atoms with E-state index in [-0.39, 0.29) is 12.5 Å². The number of ether oxygens (including phenoxy) is 1. The number of hydrogen-bond acceptors (Lipinski definition) is 5. The summed E-state index contributed by atoms with van der Waals surface area (Å²) in [6.45, 7) is 0.810. The lowest BCUT2D eigenvalue weighted by Crippen LogP contribution is -2.50. The highest BCUT2D eigenvalue weighted by molar-refractivity contribution is 5.89. The van der Waals surface area contributed by atoms with Crippen LogP contribution in [0.4, 0.5) is 4.79 Å². The average molecular weight is 453 g/mol. The fraction of sp³-hybridized carbons (Fsp3) is 0.400. The Balaban J connectivity index is 1.42. The number of fused-ring (bicyclic) bond motifs is 3. The second-order valence-electron chi connectivity index (χ2n) is 8.53. The van der Waals surface area contributed by atoms with Gasteiger partial charge < -0.3 is 25.2 Å². The molecule has 2 atom stereocenters. The number of carbonyl (C=O) groups is 3. The fourth-order valence-electron chi connectivity index (χ4n) is 4.68. The van der Waals surface area contributed by atoms with E-state index in [1.54, 1.807) is 0 Å². The van der Waals surface area contributed by atoms with Crippen LogP contribution in [0.3, 0.4) is 0 Å². The molecule has 0 saturated carbocycles. The van der Waals surface area contributed by atoms with E-state index in [9.17, 15) is 24.6 Å². The van der Waals surface area contributed by atoms with Gasteiger partial charge in [-0.05, 0) is 41.5 Å². The zero-order chi connectivity index (χ0) is 23.4. The maximum absolute atomic E-state index is 12.9. The number of alkyl carbamates (subject to hydrolysis) is 1. The molecule has 4 rings (SSSR count). The van der Waals surface area contributed by atoms with Crippen LogP contribution in [0, 0.1) is 0 Å². The topological polar surface area (TPSA) is 116 Å². The smallest absolute Gasteiger partial charge is 0.407 e. The van der Waals surface area contributed by atoms with Crippen molar-refractivity contribution >= 4 is 18.0 Å². The second-order valence-corrected chi connectivity index (χ2v) is 8.53. The predicted octanol–water partition coefficient (Wildman–Crippen LogP) is 2.74. The molecule has 3 N–H and O–H groups in total. The van der Waals surface area contributed by atoms with E-state index in [1.807, 2.05) is 48.5 Å².